The van der Waals surface area contributed by atoms with Crippen molar-refractivity contribution in [1.82, 2.24) is 10.2 Å². The second-order valence-electron chi connectivity index (χ2n) is 5.31. The fourth-order valence-electron chi connectivity index (χ4n) is 2.29. The van der Waals surface area contributed by atoms with Crippen LogP contribution in [0.3, 0.4) is 0 Å². The van der Waals surface area contributed by atoms with Crippen LogP contribution in [0.2, 0.25) is 0 Å². The van der Waals surface area contributed by atoms with E-state index in [-0.39, 0.29) is 30.9 Å². The Hall–Kier alpha value is -2.37. The first-order valence-electron chi connectivity index (χ1n) is 6.97. The molecule has 2 fully saturated rings. The van der Waals surface area contributed by atoms with Gasteiger partial charge in [-0.05, 0) is 18.4 Å². The van der Waals surface area contributed by atoms with Gasteiger partial charge in [0.15, 0.2) is 6.61 Å². The fraction of sp³-hybridized carbons (Fsp3) is 0.400. The highest BCUT2D eigenvalue weighted by molar-refractivity contribution is 5.97. The number of carbonyl (C=O) groups excluding carboxylic acids is 3. The van der Waals surface area contributed by atoms with Crippen molar-refractivity contribution in [1.29, 1.82) is 0 Å². The van der Waals surface area contributed by atoms with Crippen molar-refractivity contribution in [2.45, 2.75) is 18.9 Å². The zero-order valence-electron chi connectivity index (χ0n) is 11.5. The van der Waals surface area contributed by atoms with E-state index in [1.165, 1.54) is 0 Å². The molecule has 3 rings (SSSR count). The molecule has 6 nitrogen and oxygen atoms in total. The highest BCUT2D eigenvalue weighted by atomic mass is 16.6. The van der Waals surface area contributed by atoms with E-state index in [0.29, 0.717) is 0 Å². The third kappa shape index (κ3) is 3.04. The zero-order valence-corrected chi connectivity index (χ0v) is 11.5. The largest absolute Gasteiger partial charge is 0.439 e. The number of imide groups is 1. The van der Waals surface area contributed by atoms with E-state index in [4.69, 9.17) is 4.74 Å². The second kappa shape index (κ2) is 5.55. The van der Waals surface area contributed by atoms with Crippen molar-refractivity contribution in [2.24, 2.45) is 5.92 Å². The van der Waals surface area contributed by atoms with Crippen molar-refractivity contribution in [3.05, 3.63) is 35.9 Å². The molecule has 1 heterocycles. The number of hydrogen-bond acceptors (Lipinski definition) is 4. The van der Waals surface area contributed by atoms with Crippen LogP contribution in [0.15, 0.2) is 30.3 Å². The molecule has 2 aliphatic rings. The normalized spacial score (nSPS) is 19.3. The SMILES string of the molecule is O=C(N[C@H](CN1C(=O)COC1=O)c1ccccc1)C1CC1. The third-order valence-electron chi connectivity index (χ3n) is 3.67. The molecule has 0 radical (unpaired) electrons. The van der Waals surface area contributed by atoms with Gasteiger partial charge in [0.05, 0.1) is 12.6 Å². The molecule has 1 atom stereocenters. The number of cyclic esters (lactones) is 1. The van der Waals surface area contributed by atoms with Crippen molar-refractivity contribution in [3.63, 3.8) is 0 Å². The van der Waals surface area contributed by atoms with Gasteiger partial charge in [-0.25, -0.2) is 9.69 Å². The van der Waals surface area contributed by atoms with Crippen LogP contribution in [0.4, 0.5) is 4.79 Å². The minimum Gasteiger partial charge on any atom is -0.439 e. The van der Waals surface area contributed by atoms with Crippen LogP contribution < -0.4 is 5.32 Å². The molecule has 21 heavy (non-hydrogen) atoms. The van der Waals surface area contributed by atoms with E-state index in [0.717, 1.165) is 23.3 Å². The summed E-state index contributed by atoms with van der Waals surface area (Å²) in [7, 11) is 0. The van der Waals surface area contributed by atoms with Gasteiger partial charge in [-0.3, -0.25) is 9.59 Å². The van der Waals surface area contributed by atoms with Gasteiger partial charge in [-0.2, -0.15) is 0 Å². The predicted molar refractivity (Wildman–Crippen MR) is 73.1 cm³/mol. The summed E-state index contributed by atoms with van der Waals surface area (Å²) in [5, 5.41) is 2.92. The fourth-order valence-corrected chi connectivity index (χ4v) is 2.29. The quantitative estimate of drug-likeness (QED) is 0.884. The molecule has 0 spiro atoms. The van der Waals surface area contributed by atoms with Gasteiger partial charge in [0.1, 0.15) is 0 Å². The molecule has 1 aromatic rings. The van der Waals surface area contributed by atoms with E-state index in [1.807, 2.05) is 30.3 Å². The van der Waals surface area contributed by atoms with E-state index in [9.17, 15) is 14.4 Å². The minimum atomic E-state index is -0.651. The lowest BCUT2D eigenvalue weighted by Crippen LogP contribution is -2.40. The molecule has 1 aromatic carbocycles. The highest BCUT2D eigenvalue weighted by Gasteiger charge is 2.36. The Bertz CT molecular complexity index is 552. The summed E-state index contributed by atoms with van der Waals surface area (Å²) in [6.07, 6.45) is 1.15. The molecule has 1 N–H and O–H groups in total. The smallest absolute Gasteiger partial charge is 0.417 e. The molecule has 1 saturated heterocycles. The average Bonchev–Trinajstić information content (AvgIpc) is 3.30. The zero-order chi connectivity index (χ0) is 14.8. The summed E-state index contributed by atoms with van der Waals surface area (Å²) in [5.41, 5.74) is 0.860. The summed E-state index contributed by atoms with van der Waals surface area (Å²) >= 11 is 0. The lowest BCUT2D eigenvalue weighted by molar-refractivity contribution is -0.127. The van der Waals surface area contributed by atoms with E-state index >= 15 is 0 Å². The predicted octanol–water partition coefficient (Wildman–Crippen LogP) is 1.23. The Labute approximate surface area is 122 Å². The Morgan fingerprint density at radius 2 is 2.00 bits per heavy atom. The molecular formula is C15H16N2O4. The highest BCUT2D eigenvalue weighted by Crippen LogP contribution is 2.30. The van der Waals surface area contributed by atoms with E-state index in [2.05, 4.69) is 5.32 Å². The van der Waals surface area contributed by atoms with Gasteiger partial charge in [-0.1, -0.05) is 30.3 Å². The Morgan fingerprint density at radius 1 is 1.29 bits per heavy atom. The maximum atomic E-state index is 12.0. The first-order chi connectivity index (χ1) is 10.1. The van der Waals surface area contributed by atoms with Crippen LogP contribution >= 0.6 is 0 Å². The third-order valence-corrected chi connectivity index (χ3v) is 3.67. The van der Waals surface area contributed by atoms with Crippen molar-refractivity contribution in [3.8, 4) is 0 Å². The van der Waals surface area contributed by atoms with Gasteiger partial charge in [0.25, 0.3) is 5.91 Å². The molecular weight excluding hydrogens is 272 g/mol. The molecule has 0 unspecified atom stereocenters. The van der Waals surface area contributed by atoms with Crippen LogP contribution in [-0.2, 0) is 14.3 Å². The lowest BCUT2D eigenvalue weighted by Gasteiger charge is -2.22. The molecule has 1 aliphatic heterocycles. The summed E-state index contributed by atoms with van der Waals surface area (Å²) in [6, 6.07) is 8.91. The Morgan fingerprint density at radius 3 is 2.57 bits per heavy atom. The first kappa shape index (κ1) is 13.6. The molecule has 110 valence electrons. The number of ether oxygens (including phenoxy) is 1. The van der Waals surface area contributed by atoms with Crippen LogP contribution in [0, 0.1) is 5.92 Å². The Kier molecular flexibility index (Phi) is 3.60. The van der Waals surface area contributed by atoms with Crippen LogP contribution in [0.1, 0.15) is 24.4 Å². The summed E-state index contributed by atoms with van der Waals surface area (Å²) in [4.78, 5) is 36.2. The monoisotopic (exact) mass is 288 g/mol. The molecule has 1 aliphatic carbocycles. The van der Waals surface area contributed by atoms with Gasteiger partial charge in [0.2, 0.25) is 5.91 Å². The van der Waals surface area contributed by atoms with Crippen LogP contribution in [0.25, 0.3) is 0 Å². The number of benzene rings is 1. The van der Waals surface area contributed by atoms with Gasteiger partial charge in [0, 0.05) is 5.92 Å². The lowest BCUT2D eigenvalue weighted by atomic mass is 10.1. The van der Waals surface area contributed by atoms with E-state index < -0.39 is 12.1 Å². The van der Waals surface area contributed by atoms with E-state index in [1.54, 1.807) is 0 Å². The first-order valence-corrected chi connectivity index (χ1v) is 6.97. The maximum Gasteiger partial charge on any atom is 0.417 e. The van der Waals surface area contributed by atoms with Gasteiger partial charge < -0.3 is 10.1 Å². The maximum absolute atomic E-state index is 12.0. The summed E-state index contributed by atoms with van der Waals surface area (Å²) < 4.78 is 4.70. The van der Waals surface area contributed by atoms with Crippen molar-refractivity contribution >= 4 is 17.9 Å². The number of nitrogens with one attached hydrogen (secondary N) is 1. The standard InChI is InChI=1S/C15H16N2O4/c18-13-9-21-15(20)17(13)8-12(10-4-2-1-3-5-10)16-14(19)11-6-7-11/h1-5,11-12H,6-9H2,(H,16,19)/t12-/m1/s1. The average molecular weight is 288 g/mol. The molecule has 0 bridgehead atoms. The molecule has 6 heteroatoms. The van der Waals surface area contributed by atoms with Crippen molar-refractivity contribution < 1.29 is 19.1 Å². The number of hydrogen-bond donors (Lipinski definition) is 1. The number of rotatable bonds is 5. The molecule has 1 saturated carbocycles. The number of nitrogens with zero attached hydrogens (tertiary/aromatic N) is 1. The van der Waals surface area contributed by atoms with Crippen LogP contribution in [-0.4, -0.2) is 36.0 Å². The molecule has 3 amide bonds. The summed E-state index contributed by atoms with van der Waals surface area (Å²) in [5.74, 6) is -0.331. The Balaban J connectivity index is 1.76. The van der Waals surface area contributed by atoms with Crippen molar-refractivity contribution in [2.75, 3.05) is 13.2 Å². The van der Waals surface area contributed by atoms with Crippen LogP contribution in [0.5, 0.6) is 0 Å². The molecule has 0 aromatic heterocycles. The minimum absolute atomic E-state index is 0.0242. The summed E-state index contributed by atoms with van der Waals surface area (Å²) in [6.45, 7) is -0.128. The van der Waals surface area contributed by atoms with Gasteiger partial charge >= 0.3 is 6.09 Å². The number of carbonyl (C=O) groups is 3. The van der Waals surface area contributed by atoms with Gasteiger partial charge in [-0.15, -0.1) is 0 Å². The number of amides is 3. The second-order valence-corrected chi connectivity index (χ2v) is 5.31. The topological polar surface area (TPSA) is 75.7 Å².